The lowest BCUT2D eigenvalue weighted by molar-refractivity contribution is 0.0948. The minimum absolute atomic E-state index is 0.153. The first-order valence-electron chi connectivity index (χ1n) is 6.31. The van der Waals surface area contributed by atoms with E-state index >= 15 is 0 Å². The van der Waals surface area contributed by atoms with Gasteiger partial charge in [0.2, 0.25) is 0 Å². The van der Waals surface area contributed by atoms with Crippen LogP contribution in [0.15, 0.2) is 9.90 Å². The van der Waals surface area contributed by atoms with E-state index in [-0.39, 0.29) is 5.91 Å². The number of thioether (sulfide) groups is 1. The first-order valence-corrected chi connectivity index (χ1v) is 8.58. The molecule has 108 valence electrons. The van der Waals surface area contributed by atoms with Crippen LogP contribution < -0.4 is 5.32 Å². The molecule has 0 spiro atoms. The molecule has 1 N–H and O–H groups in total. The molecule has 2 heterocycles. The zero-order chi connectivity index (χ0) is 14.5. The summed E-state index contributed by atoms with van der Waals surface area (Å²) in [6.45, 7) is 4.13. The van der Waals surface area contributed by atoms with E-state index in [1.807, 2.05) is 18.6 Å². The average molecular weight is 311 g/mol. The molecule has 0 saturated carbocycles. The van der Waals surface area contributed by atoms with E-state index in [0.717, 1.165) is 16.5 Å². The van der Waals surface area contributed by atoms with Crippen molar-refractivity contribution in [2.24, 2.45) is 0 Å². The molecule has 0 radical (unpaired) electrons. The van der Waals surface area contributed by atoms with Crippen LogP contribution in [0.1, 0.15) is 39.4 Å². The molecule has 1 amide bonds. The average Bonchev–Trinajstić information content (AvgIpc) is 3.03. The first kappa shape index (κ1) is 15.1. The summed E-state index contributed by atoms with van der Waals surface area (Å²) < 4.78 is 5.07. The Bertz CT molecular complexity index is 592. The second kappa shape index (κ2) is 6.90. The molecule has 5 nitrogen and oxygen atoms in total. The van der Waals surface area contributed by atoms with Crippen molar-refractivity contribution in [2.45, 2.75) is 32.6 Å². The number of rotatable bonds is 6. The van der Waals surface area contributed by atoms with Gasteiger partial charge in [0, 0.05) is 11.1 Å². The molecule has 2 aromatic rings. The van der Waals surface area contributed by atoms with Crippen molar-refractivity contribution in [3.8, 4) is 0 Å². The molecule has 2 aromatic heterocycles. The first-order chi connectivity index (χ1) is 9.65. The van der Waals surface area contributed by atoms with Crippen molar-refractivity contribution in [2.75, 3.05) is 6.26 Å². The van der Waals surface area contributed by atoms with Crippen molar-refractivity contribution in [1.82, 2.24) is 15.5 Å². The van der Waals surface area contributed by atoms with Crippen LogP contribution in [0.5, 0.6) is 0 Å². The molecule has 0 bridgehead atoms. The lowest BCUT2D eigenvalue weighted by Crippen LogP contribution is -2.24. The van der Waals surface area contributed by atoms with E-state index in [4.69, 9.17) is 4.52 Å². The molecule has 0 atom stereocenters. The number of carbonyl (C=O) groups is 1. The van der Waals surface area contributed by atoms with Crippen LogP contribution in [0.3, 0.4) is 0 Å². The molecule has 2 rings (SSSR count). The van der Waals surface area contributed by atoms with E-state index in [9.17, 15) is 4.79 Å². The third-order valence-corrected chi connectivity index (χ3v) is 4.44. The minimum Gasteiger partial charge on any atom is -0.361 e. The second-order valence-electron chi connectivity index (χ2n) is 4.26. The number of hydrogen-bond donors (Lipinski definition) is 1. The topological polar surface area (TPSA) is 68.0 Å². The van der Waals surface area contributed by atoms with Gasteiger partial charge in [-0.3, -0.25) is 4.79 Å². The van der Waals surface area contributed by atoms with Gasteiger partial charge in [0.05, 0.1) is 17.9 Å². The van der Waals surface area contributed by atoms with Gasteiger partial charge in [-0.15, -0.1) is 11.3 Å². The second-order valence-corrected chi connectivity index (χ2v) is 6.07. The lowest BCUT2D eigenvalue weighted by Gasteiger charge is -2.03. The smallest absolute Gasteiger partial charge is 0.257 e. The zero-order valence-corrected chi connectivity index (χ0v) is 13.4. The van der Waals surface area contributed by atoms with Crippen molar-refractivity contribution in [1.29, 1.82) is 0 Å². The maximum absolute atomic E-state index is 12.2. The monoisotopic (exact) mass is 311 g/mol. The maximum Gasteiger partial charge on any atom is 0.257 e. The van der Waals surface area contributed by atoms with Gasteiger partial charge in [-0.2, -0.15) is 11.8 Å². The normalized spacial score (nSPS) is 10.8. The highest BCUT2D eigenvalue weighted by Gasteiger charge is 2.18. The SMILES string of the molecule is CCc1noc(C)c1C(=O)NCc1csc(CSC)n1. The Morgan fingerprint density at radius 2 is 2.35 bits per heavy atom. The van der Waals surface area contributed by atoms with Gasteiger partial charge in [-0.1, -0.05) is 12.1 Å². The van der Waals surface area contributed by atoms with Crippen LogP contribution in [0.25, 0.3) is 0 Å². The number of aromatic nitrogens is 2. The molecule has 0 aliphatic carbocycles. The Kier molecular flexibility index (Phi) is 5.19. The number of hydrogen-bond acceptors (Lipinski definition) is 6. The number of amides is 1. The van der Waals surface area contributed by atoms with Gasteiger partial charge in [0.15, 0.2) is 0 Å². The Labute approximate surface area is 126 Å². The number of nitrogens with one attached hydrogen (secondary N) is 1. The molecule has 0 aromatic carbocycles. The van der Waals surface area contributed by atoms with Crippen molar-refractivity contribution < 1.29 is 9.32 Å². The molecule has 20 heavy (non-hydrogen) atoms. The molecule has 0 unspecified atom stereocenters. The van der Waals surface area contributed by atoms with E-state index in [1.165, 1.54) is 0 Å². The highest BCUT2D eigenvalue weighted by atomic mass is 32.2. The number of aryl methyl sites for hydroxylation is 2. The molecule has 0 fully saturated rings. The quantitative estimate of drug-likeness (QED) is 0.888. The standard InChI is InChI=1S/C13H17N3O2S2/c1-4-10-12(8(2)18-16-10)13(17)14-5-9-6-20-11(15-9)7-19-3/h6H,4-5,7H2,1-3H3,(H,14,17). The Balaban J connectivity index is 1.99. The minimum atomic E-state index is -0.153. The molecule has 7 heteroatoms. The summed E-state index contributed by atoms with van der Waals surface area (Å²) in [6.07, 6.45) is 2.72. The third kappa shape index (κ3) is 3.40. The van der Waals surface area contributed by atoms with Crippen molar-refractivity contribution >= 4 is 29.0 Å². The summed E-state index contributed by atoms with van der Waals surface area (Å²) in [5.41, 5.74) is 2.13. The summed E-state index contributed by atoms with van der Waals surface area (Å²) in [7, 11) is 0. The zero-order valence-electron chi connectivity index (χ0n) is 11.7. The van der Waals surface area contributed by atoms with Gasteiger partial charge < -0.3 is 9.84 Å². The van der Waals surface area contributed by atoms with Gasteiger partial charge in [0.1, 0.15) is 16.3 Å². The molecular weight excluding hydrogens is 294 g/mol. The fourth-order valence-corrected chi connectivity index (χ4v) is 3.34. The fraction of sp³-hybridized carbons (Fsp3) is 0.462. The Hall–Kier alpha value is -1.34. The van der Waals surface area contributed by atoms with E-state index in [1.54, 1.807) is 30.0 Å². The van der Waals surface area contributed by atoms with Crippen LogP contribution in [-0.4, -0.2) is 22.3 Å². The summed E-state index contributed by atoms with van der Waals surface area (Å²) in [5.74, 6) is 1.31. The van der Waals surface area contributed by atoms with Gasteiger partial charge in [-0.05, 0) is 19.6 Å². The number of nitrogens with zero attached hydrogens (tertiary/aromatic N) is 2. The van der Waals surface area contributed by atoms with Gasteiger partial charge >= 0.3 is 0 Å². The predicted octanol–water partition coefficient (Wildman–Crippen LogP) is 2.79. The lowest BCUT2D eigenvalue weighted by atomic mass is 10.1. The van der Waals surface area contributed by atoms with Crippen LogP contribution in [0.2, 0.25) is 0 Å². The van der Waals surface area contributed by atoms with Gasteiger partial charge in [0.25, 0.3) is 5.91 Å². The molecule has 0 saturated heterocycles. The van der Waals surface area contributed by atoms with Crippen LogP contribution in [-0.2, 0) is 18.7 Å². The molecule has 0 aliphatic rings. The number of thiazole rings is 1. The predicted molar refractivity (Wildman–Crippen MR) is 81.1 cm³/mol. The summed E-state index contributed by atoms with van der Waals surface area (Å²) >= 11 is 3.36. The fourth-order valence-electron chi connectivity index (χ4n) is 1.83. The van der Waals surface area contributed by atoms with Gasteiger partial charge in [-0.25, -0.2) is 4.98 Å². The van der Waals surface area contributed by atoms with Crippen LogP contribution >= 0.6 is 23.1 Å². The highest BCUT2D eigenvalue weighted by molar-refractivity contribution is 7.97. The summed E-state index contributed by atoms with van der Waals surface area (Å²) in [5, 5.41) is 9.82. The van der Waals surface area contributed by atoms with Crippen molar-refractivity contribution in [3.63, 3.8) is 0 Å². The molecule has 0 aliphatic heterocycles. The Morgan fingerprint density at radius 1 is 1.55 bits per heavy atom. The Morgan fingerprint density at radius 3 is 3.05 bits per heavy atom. The summed E-state index contributed by atoms with van der Waals surface area (Å²) in [6, 6.07) is 0. The molecular formula is C13H17N3O2S2. The van der Waals surface area contributed by atoms with E-state index in [0.29, 0.717) is 30.0 Å². The summed E-state index contributed by atoms with van der Waals surface area (Å²) in [4.78, 5) is 16.6. The van der Waals surface area contributed by atoms with Crippen molar-refractivity contribution in [3.05, 3.63) is 33.1 Å². The highest BCUT2D eigenvalue weighted by Crippen LogP contribution is 2.16. The van der Waals surface area contributed by atoms with Crippen LogP contribution in [0.4, 0.5) is 0 Å². The maximum atomic E-state index is 12.2. The third-order valence-electron chi connectivity index (χ3n) is 2.79. The number of carbonyl (C=O) groups excluding carboxylic acids is 1. The van der Waals surface area contributed by atoms with E-state index in [2.05, 4.69) is 15.5 Å². The van der Waals surface area contributed by atoms with E-state index < -0.39 is 0 Å². The largest absolute Gasteiger partial charge is 0.361 e. The van der Waals surface area contributed by atoms with Crippen LogP contribution in [0, 0.1) is 6.92 Å².